The lowest BCUT2D eigenvalue weighted by atomic mass is 11.4. The van der Waals surface area contributed by atoms with Crippen LogP contribution >= 0.6 is 0 Å². The number of nitrogens with zero attached hydrogens (tertiary/aromatic N) is 1. The lowest BCUT2D eigenvalue weighted by Gasteiger charge is -1.44. The summed E-state index contributed by atoms with van der Waals surface area (Å²) in [4.78, 5) is 0. The van der Waals surface area contributed by atoms with E-state index >= 15 is 0 Å². The van der Waals surface area contributed by atoms with Crippen molar-refractivity contribution in [3.8, 4) is 0 Å². The molecule has 33 valence electrons. The summed E-state index contributed by atoms with van der Waals surface area (Å²) in [7, 11) is -2.49. The van der Waals surface area contributed by atoms with Gasteiger partial charge < -0.3 is 0 Å². The van der Waals surface area contributed by atoms with Crippen molar-refractivity contribution in [1.82, 2.24) is 0 Å². The van der Waals surface area contributed by atoms with E-state index in [1.807, 2.05) is 0 Å². The number of nitrogens with one attached hydrogen (secondary N) is 1. The lowest BCUT2D eigenvalue weighted by molar-refractivity contribution is 0.623. The minimum Gasteiger partial charge on any atom is -0.279 e. The van der Waals surface area contributed by atoms with E-state index < -0.39 is 10.5 Å². The molecule has 0 atom stereocenters. The molecule has 6 heavy (non-hydrogen) atoms. The first kappa shape index (κ1) is 5.29. The summed E-state index contributed by atoms with van der Waals surface area (Å²) < 4.78 is 21.0. The maximum Gasteiger partial charge on any atom is 0.318 e. The molecule has 0 saturated heterocycles. The summed E-state index contributed by atoms with van der Waals surface area (Å²) in [6.45, 7) is 0. The smallest absolute Gasteiger partial charge is 0.279 e. The molecule has 1 N–H and O–H groups in total. The Morgan fingerprint density at radius 2 is 2.17 bits per heavy atom. The Labute approximate surface area is 36.0 Å². The molecule has 0 aromatic heterocycles. The molecule has 0 aromatic carbocycles. The third-order valence-electron chi connectivity index (χ3n) is 0.120. The van der Waals surface area contributed by atoms with Crippen molar-refractivity contribution in [3.63, 3.8) is 0 Å². The van der Waals surface area contributed by atoms with Crippen molar-refractivity contribution in [2.24, 2.45) is 4.36 Å². The first-order chi connectivity index (χ1) is 2.77. The fourth-order valence-electron chi connectivity index (χ4n) is 0.0373. The van der Waals surface area contributed by atoms with Crippen molar-refractivity contribution in [3.05, 3.63) is 0 Å². The average Bonchev–Trinajstić information content (AvgIpc) is 1.35. The Morgan fingerprint density at radius 3 is 2.17 bits per heavy atom. The van der Waals surface area contributed by atoms with Crippen LogP contribution in [-0.4, -0.2) is 14.8 Å². The quantitative estimate of drug-likeness (QED) is 0.362. The highest BCUT2D eigenvalue weighted by Gasteiger charge is 1.57. The van der Waals surface area contributed by atoms with Gasteiger partial charge in [-0.05, 0) is 0 Å². The van der Waals surface area contributed by atoms with E-state index in [2.05, 4.69) is 4.36 Å². The number of rotatable bonds is 1. The molecule has 4 nitrogen and oxygen atoms in total. The molecule has 0 heterocycles. The van der Waals surface area contributed by atoms with E-state index in [4.69, 9.17) is 5.41 Å². The van der Waals surface area contributed by atoms with Crippen molar-refractivity contribution < 1.29 is 8.42 Å². The maximum absolute atomic E-state index is 9.25. The molecular formula is CHN2O2S. The fraction of sp³-hybridized carbons (Fsp3) is 0. The highest BCUT2D eigenvalue weighted by molar-refractivity contribution is 7.62. The van der Waals surface area contributed by atoms with Gasteiger partial charge in [0.15, 0.2) is 0 Å². The third-order valence-corrected chi connectivity index (χ3v) is 0.361. The topological polar surface area (TPSA) is 70.3 Å². The predicted octanol–water partition coefficient (Wildman–Crippen LogP) is -0.467. The summed E-state index contributed by atoms with van der Waals surface area (Å²) in [5, 5.41) is 5.92. The number of hydrogen-bond acceptors (Lipinski definition) is 3. The second-order valence-corrected chi connectivity index (χ2v) is 1.04. The molecule has 0 amide bonds. The van der Waals surface area contributed by atoms with Crippen LogP contribution in [0.15, 0.2) is 4.36 Å². The zero-order chi connectivity index (χ0) is 4.99. The monoisotopic (exact) mass is 105 g/mol. The third kappa shape index (κ3) is 3.29. The summed E-state index contributed by atoms with van der Waals surface area (Å²) in [6.07, 6.45) is 1.33. The highest BCUT2D eigenvalue weighted by atomic mass is 32.2. The van der Waals surface area contributed by atoms with Gasteiger partial charge in [-0.1, -0.05) is 0 Å². The molecule has 5 heteroatoms. The van der Waals surface area contributed by atoms with Crippen molar-refractivity contribution in [2.75, 3.05) is 0 Å². The van der Waals surface area contributed by atoms with Crippen LogP contribution in [0, 0.1) is 5.41 Å². The Bertz CT molecular complexity index is 146. The second kappa shape index (κ2) is 2.52. The van der Waals surface area contributed by atoms with Crippen LogP contribution in [-0.2, 0) is 10.5 Å². The van der Waals surface area contributed by atoms with Gasteiger partial charge in [0.05, 0.1) is 0 Å². The van der Waals surface area contributed by atoms with Crippen molar-refractivity contribution in [1.29, 1.82) is 5.41 Å². The van der Waals surface area contributed by atoms with E-state index in [1.54, 1.807) is 0 Å². The van der Waals surface area contributed by atoms with Crippen LogP contribution in [0.1, 0.15) is 0 Å². The van der Waals surface area contributed by atoms with Crippen LogP contribution in [0.3, 0.4) is 0 Å². The summed E-state index contributed by atoms with van der Waals surface area (Å²) >= 11 is 0. The molecular weight excluding hydrogens is 104 g/mol. The second-order valence-electron chi connectivity index (χ2n) is 0.420. The van der Waals surface area contributed by atoms with E-state index in [0.29, 0.717) is 0 Å². The van der Waals surface area contributed by atoms with Gasteiger partial charge in [-0.2, -0.15) is 8.42 Å². The molecule has 0 bridgehead atoms. The SMILES string of the molecule is N=[C]N=S(=O)=O. The standard InChI is InChI=1S/CHN2O2S/c2-1-3-6(4)5/h2H. The fourth-order valence-corrected chi connectivity index (χ4v) is 0.112. The van der Waals surface area contributed by atoms with Gasteiger partial charge in [-0.25, -0.2) is 0 Å². The average molecular weight is 105 g/mol. The minimum atomic E-state index is -2.49. The van der Waals surface area contributed by atoms with Crippen LogP contribution in [0.2, 0.25) is 0 Å². The summed E-state index contributed by atoms with van der Waals surface area (Å²) in [5.74, 6) is 0. The Hall–Kier alpha value is -0.710. The van der Waals surface area contributed by atoms with Crippen LogP contribution in [0.5, 0.6) is 0 Å². The molecule has 0 unspecified atom stereocenters. The largest absolute Gasteiger partial charge is 0.318 e. The lowest BCUT2D eigenvalue weighted by Crippen LogP contribution is -1.55. The summed E-state index contributed by atoms with van der Waals surface area (Å²) in [6, 6.07) is 0. The normalized spacial score (nSPS) is 6.67. The van der Waals surface area contributed by atoms with Crippen molar-refractivity contribution in [2.45, 2.75) is 0 Å². The van der Waals surface area contributed by atoms with Gasteiger partial charge in [-0.3, -0.25) is 5.41 Å². The molecule has 0 rings (SSSR count). The Morgan fingerprint density at radius 1 is 1.67 bits per heavy atom. The zero-order valence-corrected chi connectivity index (χ0v) is 3.49. The first-order valence-electron chi connectivity index (χ1n) is 0.990. The van der Waals surface area contributed by atoms with E-state index in [0.717, 1.165) is 0 Å². The summed E-state index contributed by atoms with van der Waals surface area (Å²) in [5.41, 5.74) is 0. The van der Waals surface area contributed by atoms with Crippen LogP contribution < -0.4 is 0 Å². The van der Waals surface area contributed by atoms with Crippen molar-refractivity contribution >= 4 is 16.8 Å². The highest BCUT2D eigenvalue weighted by Crippen LogP contribution is 1.46. The van der Waals surface area contributed by atoms with Gasteiger partial charge in [0.25, 0.3) is 0 Å². The van der Waals surface area contributed by atoms with Gasteiger partial charge in [0.2, 0.25) is 6.34 Å². The molecule has 0 saturated carbocycles. The maximum atomic E-state index is 9.25. The van der Waals surface area contributed by atoms with Crippen LogP contribution in [0.4, 0.5) is 0 Å². The van der Waals surface area contributed by atoms with Crippen LogP contribution in [0.25, 0.3) is 0 Å². The molecule has 0 aromatic rings. The molecule has 0 fully saturated rings. The van der Waals surface area contributed by atoms with E-state index in [-0.39, 0.29) is 0 Å². The molecule has 0 spiro atoms. The van der Waals surface area contributed by atoms with E-state index in [1.165, 1.54) is 6.34 Å². The Kier molecular flexibility index (Phi) is 2.22. The molecule has 0 aliphatic carbocycles. The van der Waals surface area contributed by atoms with Gasteiger partial charge >= 0.3 is 10.5 Å². The predicted molar refractivity (Wildman–Crippen MR) is 19.1 cm³/mol. The minimum absolute atomic E-state index is 1.33. The Balaban J connectivity index is 4.17. The molecule has 0 aliphatic rings. The molecule has 1 radical (unpaired) electrons. The molecule has 0 aliphatic heterocycles. The van der Waals surface area contributed by atoms with Gasteiger partial charge in [0.1, 0.15) is 0 Å². The first-order valence-corrected chi connectivity index (χ1v) is 2.02. The van der Waals surface area contributed by atoms with Gasteiger partial charge in [-0.15, -0.1) is 4.36 Å². The zero-order valence-electron chi connectivity index (χ0n) is 2.67. The van der Waals surface area contributed by atoms with Gasteiger partial charge in [0, 0.05) is 0 Å². The number of hydrogen-bond donors (Lipinski definition) is 1. The van der Waals surface area contributed by atoms with E-state index in [9.17, 15) is 8.42 Å².